The highest BCUT2D eigenvalue weighted by Crippen LogP contribution is 2.34. The van der Waals surface area contributed by atoms with E-state index in [4.69, 9.17) is 19.5 Å². The highest BCUT2D eigenvalue weighted by atomic mass is 16.5. The number of allylic oxidation sites excluding steroid dienone is 1. The van der Waals surface area contributed by atoms with Crippen molar-refractivity contribution in [2.75, 3.05) is 27.3 Å². The minimum Gasteiger partial charge on any atom is -0.453 e. The third-order valence-corrected chi connectivity index (χ3v) is 11.9. The third kappa shape index (κ3) is 9.30. The molecule has 7 rings (SSSR count). The van der Waals surface area contributed by atoms with Crippen molar-refractivity contribution in [1.82, 2.24) is 30.4 Å². The molecule has 4 heterocycles. The number of rotatable bonds is 13. The van der Waals surface area contributed by atoms with E-state index in [0.29, 0.717) is 25.9 Å². The number of amides is 4. The molecule has 0 radical (unpaired) electrons. The number of carbonyl (C=O) groups excluding carboxylic acids is 4. The van der Waals surface area contributed by atoms with Gasteiger partial charge in [0.1, 0.15) is 17.9 Å². The zero-order valence-corrected chi connectivity index (χ0v) is 35.1. The van der Waals surface area contributed by atoms with Crippen LogP contribution in [0.3, 0.4) is 0 Å². The van der Waals surface area contributed by atoms with E-state index in [-0.39, 0.29) is 29.8 Å². The smallest absolute Gasteiger partial charge is 0.407 e. The SMILES string of the molecule is CCc1ccc(C[C@H](NC(=O)OC)C(=O)N2CCC[C@H]2c2ncc(-c3ccc(-c4ccc(C5=CN=C([C@@H]6CCCN6C(=O)[C@@H](NC(=O)OC)C(C)C)C5)cc4)cc3)[nH]2)cc1. The lowest BCUT2D eigenvalue weighted by Gasteiger charge is -2.31. The Balaban J connectivity index is 0.972. The lowest BCUT2D eigenvalue weighted by atomic mass is 9.95. The average Bonchev–Trinajstić information content (AvgIpc) is 4.12. The number of aromatic amines is 1. The summed E-state index contributed by atoms with van der Waals surface area (Å²) in [6.45, 7) is 7.13. The number of aliphatic imine (C=N–C) groups is 1. The first-order valence-corrected chi connectivity index (χ1v) is 21.0. The van der Waals surface area contributed by atoms with E-state index in [9.17, 15) is 19.2 Å². The number of hydrogen-bond donors (Lipinski definition) is 3. The largest absolute Gasteiger partial charge is 0.453 e. The lowest BCUT2D eigenvalue weighted by molar-refractivity contribution is -0.135. The van der Waals surface area contributed by atoms with Gasteiger partial charge >= 0.3 is 12.2 Å². The molecule has 3 aliphatic heterocycles. The van der Waals surface area contributed by atoms with Gasteiger partial charge in [-0.25, -0.2) is 14.6 Å². The Bertz CT molecular complexity index is 2230. The highest BCUT2D eigenvalue weighted by Gasteiger charge is 2.39. The van der Waals surface area contributed by atoms with Gasteiger partial charge < -0.3 is 34.9 Å². The zero-order chi connectivity index (χ0) is 42.3. The number of ether oxygens (including phenoxy) is 2. The molecule has 13 heteroatoms. The number of aromatic nitrogens is 2. The highest BCUT2D eigenvalue weighted by molar-refractivity contribution is 6.04. The van der Waals surface area contributed by atoms with E-state index in [1.165, 1.54) is 19.8 Å². The Labute approximate surface area is 351 Å². The van der Waals surface area contributed by atoms with Crippen LogP contribution in [0.2, 0.25) is 0 Å². The first-order chi connectivity index (χ1) is 29.1. The molecule has 314 valence electrons. The first-order valence-electron chi connectivity index (χ1n) is 21.0. The van der Waals surface area contributed by atoms with Crippen LogP contribution < -0.4 is 10.6 Å². The van der Waals surface area contributed by atoms with Crippen LogP contribution in [0.1, 0.15) is 81.4 Å². The molecule has 4 amide bonds. The number of methoxy groups -OCH3 is 2. The predicted molar refractivity (Wildman–Crippen MR) is 231 cm³/mol. The quantitative estimate of drug-likeness (QED) is 0.126. The van der Waals surface area contributed by atoms with E-state index < -0.39 is 24.3 Å². The minimum atomic E-state index is -0.774. The molecule has 2 saturated heterocycles. The predicted octanol–water partition coefficient (Wildman–Crippen LogP) is 7.49. The first kappa shape index (κ1) is 41.9. The molecule has 3 aliphatic rings. The number of alkyl carbamates (subject to hydrolysis) is 2. The molecule has 60 heavy (non-hydrogen) atoms. The second-order valence-corrected chi connectivity index (χ2v) is 16.1. The molecule has 0 spiro atoms. The van der Waals surface area contributed by atoms with Crippen molar-refractivity contribution in [1.29, 1.82) is 0 Å². The maximum absolute atomic E-state index is 14.0. The molecule has 3 aromatic carbocycles. The van der Waals surface area contributed by atoms with Gasteiger partial charge in [-0.2, -0.15) is 0 Å². The molecule has 13 nitrogen and oxygen atoms in total. The van der Waals surface area contributed by atoms with Crippen LogP contribution in [0.25, 0.3) is 28.0 Å². The summed E-state index contributed by atoms with van der Waals surface area (Å²) >= 11 is 0. The summed E-state index contributed by atoms with van der Waals surface area (Å²) in [5.41, 5.74) is 9.32. The number of nitrogens with zero attached hydrogens (tertiary/aromatic N) is 4. The normalized spacial score (nSPS) is 18.5. The van der Waals surface area contributed by atoms with Crippen molar-refractivity contribution < 1.29 is 28.7 Å². The standard InChI is InChI=1S/C47H55N7O6/c1-6-30-11-13-31(14-12-30)25-38(51-46(57)59-4)44(55)54-24-8-10-41(54)43-49-28-39(50-43)35-21-19-33(20-22-35)32-15-17-34(18-16-32)36-26-37(48-27-36)40-9-7-23-53(40)45(56)42(29(2)3)52-47(58)60-5/h11-22,27-29,38,40-42H,6-10,23-26H2,1-5H3,(H,49,50)(H,51,57)(H,52,58)/t38-,40-,41-,42-/m0/s1. The average molecular weight is 814 g/mol. The molecule has 4 aromatic rings. The monoisotopic (exact) mass is 813 g/mol. The van der Waals surface area contributed by atoms with Crippen LogP contribution in [0.15, 0.2) is 90.2 Å². The maximum Gasteiger partial charge on any atom is 0.407 e. The molecule has 2 fully saturated rings. The molecular weight excluding hydrogens is 759 g/mol. The van der Waals surface area contributed by atoms with Crippen molar-refractivity contribution in [3.8, 4) is 22.4 Å². The molecular formula is C47H55N7O6. The summed E-state index contributed by atoms with van der Waals surface area (Å²) in [4.78, 5) is 68.6. The van der Waals surface area contributed by atoms with E-state index >= 15 is 0 Å². The number of carbonyl (C=O) groups is 4. The van der Waals surface area contributed by atoms with Crippen LogP contribution in [-0.2, 0) is 31.9 Å². The summed E-state index contributed by atoms with van der Waals surface area (Å²) in [6, 6.07) is 23.1. The van der Waals surface area contributed by atoms with Crippen molar-refractivity contribution in [2.45, 2.75) is 89.9 Å². The van der Waals surface area contributed by atoms with Crippen LogP contribution in [0, 0.1) is 5.92 Å². The van der Waals surface area contributed by atoms with Gasteiger partial charge in [0.2, 0.25) is 11.8 Å². The Morgan fingerprint density at radius 1 is 0.750 bits per heavy atom. The van der Waals surface area contributed by atoms with Crippen molar-refractivity contribution in [3.05, 3.63) is 108 Å². The van der Waals surface area contributed by atoms with Crippen LogP contribution in [0.4, 0.5) is 9.59 Å². The number of aryl methyl sites for hydroxylation is 1. The number of imidazole rings is 1. The van der Waals surface area contributed by atoms with E-state index in [2.05, 4.69) is 83.2 Å². The van der Waals surface area contributed by atoms with E-state index in [1.54, 1.807) is 0 Å². The summed E-state index contributed by atoms with van der Waals surface area (Å²) < 4.78 is 9.65. The number of likely N-dealkylation sites (tertiary alicyclic amines) is 2. The number of hydrogen-bond acceptors (Lipinski definition) is 8. The van der Waals surface area contributed by atoms with Gasteiger partial charge in [0.25, 0.3) is 0 Å². The van der Waals surface area contributed by atoms with Gasteiger partial charge in [-0.3, -0.25) is 14.6 Å². The molecule has 0 saturated carbocycles. The Morgan fingerprint density at radius 2 is 1.32 bits per heavy atom. The summed E-state index contributed by atoms with van der Waals surface area (Å²) in [7, 11) is 2.60. The van der Waals surface area contributed by atoms with Gasteiger partial charge in [0.15, 0.2) is 0 Å². The van der Waals surface area contributed by atoms with Gasteiger partial charge in [-0.15, -0.1) is 0 Å². The molecule has 1 aromatic heterocycles. The molecule has 0 aliphatic carbocycles. The van der Waals surface area contributed by atoms with Gasteiger partial charge in [-0.05, 0) is 77.0 Å². The fourth-order valence-corrected chi connectivity index (χ4v) is 8.52. The second kappa shape index (κ2) is 18.8. The Morgan fingerprint density at radius 3 is 1.93 bits per heavy atom. The Hall–Kier alpha value is -6.24. The molecule has 0 unspecified atom stereocenters. The fourth-order valence-electron chi connectivity index (χ4n) is 8.52. The fraction of sp³-hybridized carbons (Fsp3) is 0.404. The van der Waals surface area contributed by atoms with E-state index in [1.807, 2.05) is 48.2 Å². The second-order valence-electron chi connectivity index (χ2n) is 16.1. The van der Waals surface area contributed by atoms with Crippen molar-refractivity contribution in [3.63, 3.8) is 0 Å². The van der Waals surface area contributed by atoms with Crippen LogP contribution >= 0.6 is 0 Å². The van der Waals surface area contributed by atoms with Crippen LogP contribution in [0.5, 0.6) is 0 Å². The van der Waals surface area contributed by atoms with Gasteiger partial charge in [0, 0.05) is 37.8 Å². The van der Waals surface area contributed by atoms with Crippen molar-refractivity contribution in [2.24, 2.45) is 10.9 Å². The van der Waals surface area contributed by atoms with Crippen LogP contribution in [-0.4, -0.2) is 94.9 Å². The number of benzene rings is 3. The molecule has 0 bridgehead atoms. The third-order valence-electron chi connectivity index (χ3n) is 11.9. The van der Waals surface area contributed by atoms with Gasteiger partial charge in [0.05, 0.1) is 38.2 Å². The Kier molecular flexibility index (Phi) is 13.1. The zero-order valence-electron chi connectivity index (χ0n) is 35.1. The lowest BCUT2D eigenvalue weighted by Crippen LogP contribution is -2.53. The van der Waals surface area contributed by atoms with Crippen molar-refractivity contribution >= 4 is 35.3 Å². The summed E-state index contributed by atoms with van der Waals surface area (Å²) in [5, 5.41) is 5.49. The maximum atomic E-state index is 14.0. The topological polar surface area (TPSA) is 158 Å². The molecule has 3 N–H and O–H groups in total. The number of H-pyrrole nitrogens is 1. The van der Waals surface area contributed by atoms with E-state index in [0.717, 1.165) is 82.7 Å². The number of nitrogens with one attached hydrogen (secondary N) is 3. The summed E-state index contributed by atoms with van der Waals surface area (Å²) in [5.74, 6) is 0.367. The summed E-state index contributed by atoms with van der Waals surface area (Å²) in [6.07, 6.45) is 7.74. The molecule has 4 atom stereocenters. The minimum absolute atomic E-state index is 0.0876. The van der Waals surface area contributed by atoms with Gasteiger partial charge in [-0.1, -0.05) is 93.6 Å².